The second-order valence-corrected chi connectivity index (χ2v) is 7.80. The zero-order valence-electron chi connectivity index (χ0n) is 15.4. The van der Waals surface area contributed by atoms with Gasteiger partial charge in [-0.05, 0) is 6.42 Å². The SMILES string of the molecule is CCCCCCCCCCCCCCC(O)C[N+](C)(C)C. The topological polar surface area (TPSA) is 20.2 Å². The molecule has 0 aromatic heterocycles. The average molecular weight is 301 g/mol. The average Bonchev–Trinajstić information content (AvgIpc) is 2.38. The van der Waals surface area contributed by atoms with Crippen molar-refractivity contribution in [2.45, 2.75) is 96.5 Å². The van der Waals surface area contributed by atoms with Crippen LogP contribution in [0.1, 0.15) is 90.4 Å². The molecule has 1 unspecified atom stereocenters. The Morgan fingerprint density at radius 1 is 0.667 bits per heavy atom. The van der Waals surface area contributed by atoms with E-state index in [0.29, 0.717) is 0 Å². The Bertz CT molecular complexity index is 210. The van der Waals surface area contributed by atoms with Crippen LogP contribution in [0, 0.1) is 0 Å². The van der Waals surface area contributed by atoms with Gasteiger partial charge >= 0.3 is 0 Å². The van der Waals surface area contributed by atoms with Gasteiger partial charge in [0.05, 0.1) is 21.1 Å². The van der Waals surface area contributed by atoms with Crippen LogP contribution in [0.5, 0.6) is 0 Å². The minimum atomic E-state index is -0.117. The number of rotatable bonds is 15. The largest absolute Gasteiger partial charge is 0.387 e. The molecule has 2 heteroatoms. The van der Waals surface area contributed by atoms with E-state index in [9.17, 15) is 5.11 Å². The molecule has 0 fully saturated rings. The van der Waals surface area contributed by atoms with Gasteiger partial charge in [-0.3, -0.25) is 0 Å². The minimum absolute atomic E-state index is 0.117. The summed E-state index contributed by atoms with van der Waals surface area (Å²) in [6.45, 7) is 3.15. The number of likely N-dealkylation sites (N-methyl/N-ethyl adjacent to an activating group) is 1. The van der Waals surface area contributed by atoms with Crippen molar-refractivity contribution in [2.75, 3.05) is 27.7 Å². The number of unbranched alkanes of at least 4 members (excludes halogenated alkanes) is 11. The fraction of sp³-hybridized carbons (Fsp3) is 1.00. The molecule has 0 spiro atoms. The van der Waals surface area contributed by atoms with Gasteiger partial charge < -0.3 is 9.59 Å². The van der Waals surface area contributed by atoms with Crippen LogP contribution >= 0.6 is 0 Å². The summed E-state index contributed by atoms with van der Waals surface area (Å²) in [4.78, 5) is 0. The summed E-state index contributed by atoms with van der Waals surface area (Å²) < 4.78 is 0.861. The predicted molar refractivity (Wildman–Crippen MR) is 94.6 cm³/mol. The third-order valence-corrected chi connectivity index (χ3v) is 4.15. The van der Waals surface area contributed by atoms with Crippen molar-refractivity contribution < 1.29 is 9.59 Å². The molecule has 128 valence electrons. The molecule has 0 radical (unpaired) electrons. The van der Waals surface area contributed by atoms with Crippen LogP contribution in [0.15, 0.2) is 0 Å². The van der Waals surface area contributed by atoms with Crippen molar-refractivity contribution in [3.63, 3.8) is 0 Å². The van der Waals surface area contributed by atoms with Crippen molar-refractivity contribution in [1.82, 2.24) is 0 Å². The molecule has 21 heavy (non-hydrogen) atoms. The van der Waals surface area contributed by atoms with Gasteiger partial charge in [-0.15, -0.1) is 0 Å². The molecule has 0 heterocycles. The van der Waals surface area contributed by atoms with E-state index in [1.54, 1.807) is 0 Å². The summed E-state index contributed by atoms with van der Waals surface area (Å²) in [6, 6.07) is 0. The number of hydrogen-bond donors (Lipinski definition) is 1. The fourth-order valence-corrected chi connectivity index (χ4v) is 2.94. The first-order valence-electron chi connectivity index (χ1n) is 9.44. The maximum Gasteiger partial charge on any atom is 0.104 e. The summed E-state index contributed by atoms with van der Waals surface area (Å²) in [6.07, 6.45) is 17.5. The van der Waals surface area contributed by atoms with E-state index in [-0.39, 0.29) is 6.10 Å². The minimum Gasteiger partial charge on any atom is -0.387 e. The van der Waals surface area contributed by atoms with E-state index in [4.69, 9.17) is 0 Å². The van der Waals surface area contributed by atoms with Crippen LogP contribution in [0.2, 0.25) is 0 Å². The molecular formula is C19H42NO+. The van der Waals surface area contributed by atoms with Gasteiger partial charge in [0, 0.05) is 0 Å². The summed E-state index contributed by atoms with van der Waals surface area (Å²) >= 11 is 0. The van der Waals surface area contributed by atoms with Crippen LogP contribution < -0.4 is 0 Å². The molecule has 1 atom stereocenters. The highest BCUT2D eigenvalue weighted by Gasteiger charge is 2.14. The zero-order valence-corrected chi connectivity index (χ0v) is 15.4. The third-order valence-electron chi connectivity index (χ3n) is 4.15. The van der Waals surface area contributed by atoms with Gasteiger partial charge in [0.2, 0.25) is 0 Å². The normalized spacial score (nSPS) is 13.6. The molecular weight excluding hydrogens is 258 g/mol. The maximum atomic E-state index is 9.93. The molecule has 2 nitrogen and oxygen atoms in total. The van der Waals surface area contributed by atoms with E-state index in [0.717, 1.165) is 17.4 Å². The van der Waals surface area contributed by atoms with Crippen molar-refractivity contribution in [2.24, 2.45) is 0 Å². The molecule has 0 amide bonds. The van der Waals surface area contributed by atoms with Gasteiger partial charge in [0.15, 0.2) is 0 Å². The van der Waals surface area contributed by atoms with Gasteiger partial charge in [0.25, 0.3) is 0 Å². The first kappa shape index (κ1) is 20.9. The van der Waals surface area contributed by atoms with Crippen molar-refractivity contribution in [1.29, 1.82) is 0 Å². The van der Waals surface area contributed by atoms with Gasteiger partial charge in [-0.1, -0.05) is 84.0 Å². The Morgan fingerprint density at radius 2 is 1.05 bits per heavy atom. The molecule has 0 aromatic rings. The molecule has 0 bridgehead atoms. The monoisotopic (exact) mass is 300 g/mol. The highest BCUT2D eigenvalue weighted by molar-refractivity contribution is 4.55. The quantitative estimate of drug-likeness (QED) is 0.328. The lowest BCUT2D eigenvalue weighted by molar-refractivity contribution is -0.873. The highest BCUT2D eigenvalue weighted by atomic mass is 16.3. The highest BCUT2D eigenvalue weighted by Crippen LogP contribution is 2.13. The molecule has 0 rings (SSSR count). The zero-order chi connectivity index (χ0) is 16.0. The predicted octanol–water partition coefficient (Wildman–Crippen LogP) is 5.14. The first-order valence-corrected chi connectivity index (χ1v) is 9.44. The van der Waals surface area contributed by atoms with E-state index in [2.05, 4.69) is 28.1 Å². The van der Waals surface area contributed by atoms with Gasteiger partial charge in [-0.25, -0.2) is 0 Å². The number of nitrogens with zero attached hydrogens (tertiary/aromatic N) is 1. The molecule has 1 N–H and O–H groups in total. The van der Waals surface area contributed by atoms with Crippen LogP contribution in [-0.4, -0.2) is 43.4 Å². The first-order chi connectivity index (χ1) is 9.95. The number of aliphatic hydroxyl groups is 1. The van der Waals surface area contributed by atoms with Crippen LogP contribution in [0.4, 0.5) is 0 Å². The number of hydrogen-bond acceptors (Lipinski definition) is 1. The Hall–Kier alpha value is -0.0800. The number of quaternary nitrogens is 1. The van der Waals surface area contributed by atoms with Crippen LogP contribution in [0.25, 0.3) is 0 Å². The standard InChI is InChI=1S/C19H42NO/c1-5-6-7-8-9-10-11-12-13-14-15-16-17-19(21)18-20(2,3)4/h19,21H,5-18H2,1-4H3/q+1. The van der Waals surface area contributed by atoms with Crippen LogP contribution in [0.3, 0.4) is 0 Å². The summed E-state index contributed by atoms with van der Waals surface area (Å²) in [5, 5.41) is 9.93. The Morgan fingerprint density at radius 3 is 1.43 bits per heavy atom. The molecule has 0 aliphatic heterocycles. The van der Waals surface area contributed by atoms with Gasteiger partial charge in [-0.2, -0.15) is 0 Å². The lowest BCUT2D eigenvalue weighted by Crippen LogP contribution is -2.41. The summed E-state index contributed by atoms with van der Waals surface area (Å²) in [5.74, 6) is 0. The van der Waals surface area contributed by atoms with Crippen LogP contribution in [-0.2, 0) is 0 Å². The summed E-state index contributed by atoms with van der Waals surface area (Å²) in [5.41, 5.74) is 0. The fourth-order valence-electron chi connectivity index (χ4n) is 2.94. The van der Waals surface area contributed by atoms with E-state index < -0.39 is 0 Å². The molecule has 0 aliphatic carbocycles. The maximum absolute atomic E-state index is 9.93. The Kier molecular flexibility index (Phi) is 13.5. The van der Waals surface area contributed by atoms with E-state index in [1.165, 1.54) is 77.0 Å². The molecule has 0 saturated carbocycles. The molecule has 0 saturated heterocycles. The van der Waals surface area contributed by atoms with Gasteiger partial charge in [0.1, 0.15) is 12.6 Å². The second kappa shape index (κ2) is 13.6. The summed E-state index contributed by atoms with van der Waals surface area (Å²) in [7, 11) is 6.43. The van der Waals surface area contributed by atoms with Crippen molar-refractivity contribution in [3.05, 3.63) is 0 Å². The van der Waals surface area contributed by atoms with E-state index in [1.807, 2.05) is 0 Å². The van der Waals surface area contributed by atoms with Crippen molar-refractivity contribution >= 4 is 0 Å². The van der Waals surface area contributed by atoms with Crippen molar-refractivity contribution in [3.8, 4) is 0 Å². The smallest absolute Gasteiger partial charge is 0.104 e. The second-order valence-electron chi connectivity index (χ2n) is 7.80. The molecule has 0 aliphatic rings. The Balaban J connectivity index is 3.15. The molecule has 0 aromatic carbocycles. The Labute approximate surface area is 134 Å². The lowest BCUT2D eigenvalue weighted by Gasteiger charge is -2.26. The lowest BCUT2D eigenvalue weighted by atomic mass is 10.0. The third kappa shape index (κ3) is 17.9. The number of aliphatic hydroxyl groups excluding tert-OH is 1. The van der Waals surface area contributed by atoms with E-state index >= 15 is 0 Å².